The summed E-state index contributed by atoms with van der Waals surface area (Å²) in [6.07, 6.45) is 1.33. The zero-order valence-corrected chi connectivity index (χ0v) is 14.1. The maximum Gasteiger partial charge on any atom is 0.288 e. The van der Waals surface area contributed by atoms with Crippen LogP contribution in [-0.2, 0) is 13.0 Å². The lowest BCUT2D eigenvalue weighted by molar-refractivity contribution is 0.0120. The third-order valence-electron chi connectivity index (χ3n) is 3.42. The Labute approximate surface area is 141 Å². The molecule has 9 heteroatoms. The van der Waals surface area contributed by atoms with Crippen molar-refractivity contribution in [2.75, 3.05) is 5.75 Å². The first kappa shape index (κ1) is 16.6. The molecule has 0 aliphatic heterocycles. The third-order valence-corrected chi connectivity index (χ3v) is 4.33. The van der Waals surface area contributed by atoms with Crippen molar-refractivity contribution in [2.45, 2.75) is 24.7 Å². The maximum absolute atomic E-state index is 13.4. The molecule has 1 N–H and O–H groups in total. The van der Waals surface area contributed by atoms with Gasteiger partial charge in [0.25, 0.3) is 5.92 Å². The molecule has 3 rings (SSSR count). The second-order valence-electron chi connectivity index (χ2n) is 5.29. The summed E-state index contributed by atoms with van der Waals surface area (Å²) < 4.78 is 28.5. The van der Waals surface area contributed by atoms with E-state index in [0.29, 0.717) is 22.7 Å². The van der Waals surface area contributed by atoms with Crippen molar-refractivity contribution in [1.82, 2.24) is 24.7 Å². The fourth-order valence-electron chi connectivity index (χ4n) is 2.28. The lowest BCUT2D eigenvalue weighted by Crippen LogP contribution is -2.10. The van der Waals surface area contributed by atoms with Gasteiger partial charge in [0.2, 0.25) is 0 Å². The summed E-state index contributed by atoms with van der Waals surface area (Å²) in [5.41, 5.74) is 0.841. The summed E-state index contributed by atoms with van der Waals surface area (Å²) in [5.74, 6) is -1.76. The molecule has 0 bridgehead atoms. The minimum atomic E-state index is -3.08. The van der Waals surface area contributed by atoms with Gasteiger partial charge in [0.15, 0.2) is 11.5 Å². The number of fused-ring (bicyclic) bond motifs is 1. The van der Waals surface area contributed by atoms with Crippen LogP contribution in [-0.4, -0.2) is 35.6 Å². The zero-order chi connectivity index (χ0) is 17.5. The van der Waals surface area contributed by atoms with Crippen molar-refractivity contribution in [1.29, 1.82) is 0 Å². The molecule has 0 atom stereocenters. The summed E-state index contributed by atoms with van der Waals surface area (Å²) in [5, 5.41) is 17.1. The Morgan fingerprint density at radius 1 is 1.29 bits per heavy atom. The number of rotatable bonds is 4. The summed E-state index contributed by atoms with van der Waals surface area (Å²) >= 11 is 1.51. The summed E-state index contributed by atoms with van der Waals surface area (Å²) in [4.78, 5) is 9.40. The van der Waals surface area contributed by atoms with Crippen LogP contribution in [0.5, 0.6) is 5.75 Å². The molecule has 0 aliphatic carbocycles. The molecule has 0 fully saturated rings. The maximum atomic E-state index is 13.4. The number of pyridine rings is 1. The van der Waals surface area contributed by atoms with E-state index in [9.17, 15) is 13.9 Å². The van der Waals surface area contributed by atoms with Crippen molar-refractivity contribution in [3.05, 3.63) is 24.0 Å². The lowest BCUT2D eigenvalue weighted by Gasteiger charge is -2.08. The van der Waals surface area contributed by atoms with Crippen LogP contribution in [0, 0.1) is 0 Å². The van der Waals surface area contributed by atoms with Gasteiger partial charge in [-0.3, -0.25) is 0 Å². The van der Waals surface area contributed by atoms with Crippen LogP contribution in [0.3, 0.4) is 0 Å². The van der Waals surface area contributed by atoms with Gasteiger partial charge in [0.05, 0.1) is 6.20 Å². The fraction of sp³-hybridized carbons (Fsp3) is 0.333. The van der Waals surface area contributed by atoms with Crippen LogP contribution in [0.15, 0.2) is 23.2 Å². The Morgan fingerprint density at radius 2 is 2.04 bits per heavy atom. The van der Waals surface area contributed by atoms with Gasteiger partial charge in [-0.2, -0.15) is 8.78 Å². The van der Waals surface area contributed by atoms with E-state index in [2.05, 4.69) is 20.2 Å². The molecule has 24 heavy (non-hydrogen) atoms. The largest absolute Gasteiger partial charge is 0.506 e. The molecular weight excluding hydrogens is 336 g/mol. The van der Waals surface area contributed by atoms with E-state index in [1.807, 2.05) is 6.92 Å². The third kappa shape index (κ3) is 2.91. The highest BCUT2D eigenvalue weighted by Gasteiger charge is 2.28. The number of halogens is 2. The summed E-state index contributed by atoms with van der Waals surface area (Å²) in [7, 11) is 1.72. The normalized spacial score (nSPS) is 12.0. The Kier molecular flexibility index (Phi) is 4.12. The predicted molar refractivity (Wildman–Crippen MR) is 87.2 cm³/mol. The van der Waals surface area contributed by atoms with Crippen molar-refractivity contribution in [2.24, 2.45) is 7.05 Å². The van der Waals surface area contributed by atoms with E-state index in [0.717, 1.165) is 17.6 Å². The van der Waals surface area contributed by atoms with Crippen LogP contribution in [0.4, 0.5) is 8.78 Å². The van der Waals surface area contributed by atoms with Crippen LogP contribution in [0.1, 0.15) is 19.5 Å². The summed E-state index contributed by atoms with van der Waals surface area (Å²) in [6.45, 7) is 2.75. The van der Waals surface area contributed by atoms with Crippen molar-refractivity contribution in [3.63, 3.8) is 0 Å². The van der Waals surface area contributed by atoms with Gasteiger partial charge in [-0.1, -0.05) is 6.92 Å². The van der Waals surface area contributed by atoms with Gasteiger partial charge in [0, 0.05) is 18.9 Å². The Bertz CT molecular complexity index is 907. The average Bonchev–Trinajstić information content (AvgIpc) is 2.83. The first-order valence-corrected chi connectivity index (χ1v) is 8.20. The van der Waals surface area contributed by atoms with Crippen LogP contribution in [0.25, 0.3) is 22.7 Å². The van der Waals surface area contributed by atoms with Gasteiger partial charge < -0.3 is 9.67 Å². The minimum Gasteiger partial charge on any atom is -0.506 e. The highest BCUT2D eigenvalue weighted by atomic mass is 32.2. The Balaban J connectivity index is 2.19. The molecular formula is C15H15F2N5OS. The number of aryl methyl sites for hydroxylation is 1. The van der Waals surface area contributed by atoms with Gasteiger partial charge in [-0.25, -0.2) is 9.97 Å². The predicted octanol–water partition coefficient (Wildman–Crippen LogP) is 3.35. The SMILES string of the molecule is CCSc1cc(O)cnc1-c1nc2cc(C(C)(F)F)nnc2n1C. The molecule has 0 unspecified atom stereocenters. The van der Waals surface area contributed by atoms with Gasteiger partial charge in [-0.15, -0.1) is 22.0 Å². The van der Waals surface area contributed by atoms with E-state index >= 15 is 0 Å². The van der Waals surface area contributed by atoms with E-state index in [1.165, 1.54) is 24.0 Å². The monoisotopic (exact) mass is 351 g/mol. The molecule has 6 nitrogen and oxygen atoms in total. The quantitative estimate of drug-likeness (QED) is 0.727. The van der Waals surface area contributed by atoms with Gasteiger partial charge in [0.1, 0.15) is 22.7 Å². The van der Waals surface area contributed by atoms with Crippen LogP contribution >= 0.6 is 11.8 Å². The molecule has 0 radical (unpaired) electrons. The fourth-order valence-corrected chi connectivity index (χ4v) is 3.08. The second-order valence-corrected chi connectivity index (χ2v) is 6.60. The van der Waals surface area contributed by atoms with Crippen molar-refractivity contribution >= 4 is 22.9 Å². The standard InChI is InChI=1S/C15H15F2N5OS/c1-4-24-10-5-8(23)7-18-12(10)14-19-9-6-11(15(2,16)17)20-21-13(9)22(14)3/h5-7,23H,4H2,1-3H3. The van der Waals surface area contributed by atoms with E-state index in [1.54, 1.807) is 17.7 Å². The smallest absolute Gasteiger partial charge is 0.288 e. The van der Waals surface area contributed by atoms with E-state index < -0.39 is 11.6 Å². The number of thioether (sulfide) groups is 1. The zero-order valence-electron chi connectivity index (χ0n) is 13.3. The molecule has 3 heterocycles. The van der Waals surface area contributed by atoms with Crippen molar-refractivity contribution < 1.29 is 13.9 Å². The molecule has 126 valence electrons. The molecule has 0 aromatic carbocycles. The van der Waals surface area contributed by atoms with Crippen LogP contribution < -0.4 is 0 Å². The number of imidazole rings is 1. The van der Waals surface area contributed by atoms with Gasteiger partial charge in [-0.05, 0) is 17.9 Å². The first-order chi connectivity index (χ1) is 11.3. The summed E-state index contributed by atoms with van der Waals surface area (Å²) in [6, 6.07) is 2.84. The van der Waals surface area contributed by atoms with Crippen LogP contribution in [0.2, 0.25) is 0 Å². The number of hydrogen-bond acceptors (Lipinski definition) is 6. The van der Waals surface area contributed by atoms with E-state index in [-0.39, 0.29) is 5.75 Å². The minimum absolute atomic E-state index is 0.0566. The second kappa shape index (κ2) is 5.97. The lowest BCUT2D eigenvalue weighted by atomic mass is 10.2. The van der Waals surface area contributed by atoms with Gasteiger partial charge >= 0.3 is 0 Å². The van der Waals surface area contributed by atoms with E-state index in [4.69, 9.17) is 0 Å². The Morgan fingerprint density at radius 3 is 2.71 bits per heavy atom. The molecule has 0 saturated heterocycles. The molecule has 0 saturated carbocycles. The number of aromatic nitrogens is 5. The number of hydrogen-bond donors (Lipinski definition) is 1. The molecule has 0 amide bonds. The number of aromatic hydroxyl groups is 1. The topological polar surface area (TPSA) is 76.7 Å². The Hall–Kier alpha value is -2.29. The number of alkyl halides is 2. The molecule has 3 aromatic heterocycles. The molecule has 0 spiro atoms. The highest BCUT2D eigenvalue weighted by molar-refractivity contribution is 7.99. The average molecular weight is 351 g/mol. The highest BCUT2D eigenvalue weighted by Crippen LogP contribution is 2.33. The molecule has 3 aromatic rings. The first-order valence-electron chi connectivity index (χ1n) is 7.22. The van der Waals surface area contributed by atoms with Crippen molar-refractivity contribution in [3.8, 4) is 17.3 Å². The number of nitrogens with zero attached hydrogens (tertiary/aromatic N) is 5. The molecule has 0 aliphatic rings.